The van der Waals surface area contributed by atoms with Crippen molar-refractivity contribution in [1.82, 2.24) is 0 Å². The largest absolute Gasteiger partial charge is 0.492 e. The lowest BCUT2D eigenvalue weighted by Gasteiger charge is -2.14. The van der Waals surface area contributed by atoms with Crippen molar-refractivity contribution in [1.29, 1.82) is 0 Å². The molecule has 0 heterocycles. The zero-order valence-corrected chi connectivity index (χ0v) is 16.2. The van der Waals surface area contributed by atoms with Gasteiger partial charge in [-0.15, -0.1) is 0 Å². The predicted octanol–water partition coefficient (Wildman–Crippen LogP) is 6.44. The normalized spacial score (nSPS) is 11.8. The number of hydrogen-bond donors (Lipinski definition) is 1. The molecule has 0 aliphatic rings. The number of nitrogens with one attached hydrogen (secondary N) is 1. The van der Waals surface area contributed by atoms with Crippen LogP contribution in [-0.4, -0.2) is 19.3 Å². The molecule has 1 unspecified atom stereocenters. The minimum Gasteiger partial charge on any atom is -0.492 e. The van der Waals surface area contributed by atoms with E-state index < -0.39 is 0 Å². The molecule has 0 radical (unpaired) electrons. The Morgan fingerprint density at radius 3 is 2.68 bits per heavy atom. The molecule has 0 aliphatic carbocycles. The fourth-order valence-corrected chi connectivity index (χ4v) is 2.69. The first-order chi connectivity index (χ1) is 12.1. The van der Waals surface area contributed by atoms with Crippen molar-refractivity contribution in [2.45, 2.75) is 39.2 Å². The topological polar surface area (TPSA) is 30.5 Å². The Kier molecular flexibility index (Phi) is 8.23. The highest BCUT2D eigenvalue weighted by atomic mass is 35.5. The maximum Gasteiger partial charge on any atom is 0.137 e. The van der Waals surface area contributed by atoms with Crippen LogP contribution in [0.25, 0.3) is 0 Å². The maximum absolute atomic E-state index is 6.08. The molecule has 0 aliphatic heterocycles. The van der Waals surface area contributed by atoms with E-state index in [0.29, 0.717) is 22.4 Å². The van der Waals surface area contributed by atoms with Crippen molar-refractivity contribution < 1.29 is 9.47 Å². The van der Waals surface area contributed by atoms with E-state index in [1.54, 1.807) is 18.2 Å². The van der Waals surface area contributed by atoms with Gasteiger partial charge in [0.1, 0.15) is 11.5 Å². The molecule has 3 nitrogen and oxygen atoms in total. The molecular formula is C20H25Cl2NO2. The van der Waals surface area contributed by atoms with Crippen LogP contribution >= 0.6 is 23.2 Å². The van der Waals surface area contributed by atoms with Gasteiger partial charge in [-0.2, -0.15) is 0 Å². The summed E-state index contributed by atoms with van der Waals surface area (Å²) in [6.45, 7) is 5.70. The van der Waals surface area contributed by atoms with E-state index in [1.807, 2.05) is 24.3 Å². The molecule has 25 heavy (non-hydrogen) atoms. The third kappa shape index (κ3) is 7.05. The average Bonchev–Trinajstić information content (AvgIpc) is 2.59. The molecule has 0 amide bonds. The Morgan fingerprint density at radius 1 is 1.08 bits per heavy atom. The van der Waals surface area contributed by atoms with Crippen LogP contribution in [0.15, 0.2) is 42.5 Å². The fourth-order valence-electron chi connectivity index (χ4n) is 2.23. The molecule has 0 saturated carbocycles. The Labute approximate surface area is 160 Å². The van der Waals surface area contributed by atoms with Gasteiger partial charge in [-0.1, -0.05) is 36.2 Å². The van der Waals surface area contributed by atoms with Crippen molar-refractivity contribution >= 4 is 28.9 Å². The van der Waals surface area contributed by atoms with Crippen LogP contribution in [0.2, 0.25) is 10.0 Å². The zero-order valence-electron chi connectivity index (χ0n) is 14.7. The first kappa shape index (κ1) is 19.7. The van der Waals surface area contributed by atoms with Gasteiger partial charge in [0.2, 0.25) is 0 Å². The summed E-state index contributed by atoms with van der Waals surface area (Å²) >= 11 is 11.9. The van der Waals surface area contributed by atoms with Gasteiger partial charge in [0.15, 0.2) is 0 Å². The highest BCUT2D eigenvalue weighted by molar-refractivity contribution is 6.35. The second-order valence-electron chi connectivity index (χ2n) is 5.92. The highest BCUT2D eigenvalue weighted by Gasteiger charge is 2.03. The Bertz CT molecular complexity index is 664. The number of rotatable bonds is 10. The molecule has 0 saturated heterocycles. The first-order valence-electron chi connectivity index (χ1n) is 8.67. The summed E-state index contributed by atoms with van der Waals surface area (Å²) < 4.78 is 11.5. The lowest BCUT2D eigenvalue weighted by Crippen LogP contribution is -2.10. The monoisotopic (exact) mass is 381 g/mol. The van der Waals surface area contributed by atoms with E-state index in [9.17, 15) is 0 Å². The van der Waals surface area contributed by atoms with E-state index in [1.165, 1.54) is 0 Å². The fraction of sp³-hybridized carbons (Fsp3) is 0.400. The minimum atomic E-state index is 0.229. The van der Waals surface area contributed by atoms with Crippen molar-refractivity contribution in [3.63, 3.8) is 0 Å². The van der Waals surface area contributed by atoms with E-state index in [2.05, 4.69) is 19.2 Å². The highest BCUT2D eigenvalue weighted by Crippen LogP contribution is 2.27. The lowest BCUT2D eigenvalue weighted by molar-refractivity contribution is 0.217. The maximum atomic E-state index is 6.08. The molecule has 0 aromatic heterocycles. The molecule has 1 atom stereocenters. The second-order valence-corrected chi connectivity index (χ2v) is 6.77. The summed E-state index contributed by atoms with van der Waals surface area (Å²) in [5.41, 5.74) is 1.07. The number of benzene rings is 2. The van der Waals surface area contributed by atoms with Crippen LogP contribution in [0.4, 0.5) is 5.69 Å². The lowest BCUT2D eigenvalue weighted by atomic mass is 10.2. The second kappa shape index (κ2) is 10.4. The van der Waals surface area contributed by atoms with Gasteiger partial charge < -0.3 is 14.8 Å². The smallest absolute Gasteiger partial charge is 0.137 e. The predicted molar refractivity (Wildman–Crippen MR) is 107 cm³/mol. The van der Waals surface area contributed by atoms with Gasteiger partial charge in [-0.05, 0) is 56.5 Å². The molecule has 136 valence electrons. The Morgan fingerprint density at radius 2 is 1.92 bits per heavy atom. The van der Waals surface area contributed by atoms with Crippen LogP contribution in [0.1, 0.15) is 33.1 Å². The Hall–Kier alpha value is -1.58. The molecule has 0 fully saturated rings. The minimum absolute atomic E-state index is 0.229. The quantitative estimate of drug-likeness (QED) is 0.480. The summed E-state index contributed by atoms with van der Waals surface area (Å²) in [6.07, 6.45) is 3.17. The summed E-state index contributed by atoms with van der Waals surface area (Å²) in [4.78, 5) is 0. The molecule has 2 aromatic rings. The van der Waals surface area contributed by atoms with Gasteiger partial charge in [0.05, 0.1) is 17.7 Å². The summed E-state index contributed by atoms with van der Waals surface area (Å²) in [6, 6.07) is 13.3. The van der Waals surface area contributed by atoms with Crippen molar-refractivity contribution in [3.05, 3.63) is 52.5 Å². The zero-order chi connectivity index (χ0) is 18.1. The molecule has 1 N–H and O–H groups in total. The standard InChI is InChI=1S/C20H25Cl2NO2/c1-3-15(2)25-18-8-6-7-17(14-18)23-11-4-5-12-24-20-10-9-16(21)13-19(20)22/h6-10,13-15,23H,3-5,11-12H2,1-2H3. The van der Waals surface area contributed by atoms with Gasteiger partial charge >= 0.3 is 0 Å². The average molecular weight is 382 g/mol. The third-order valence-corrected chi connectivity index (χ3v) is 4.33. The Balaban J connectivity index is 1.66. The third-order valence-electron chi connectivity index (χ3n) is 3.80. The van der Waals surface area contributed by atoms with Crippen LogP contribution in [0.5, 0.6) is 11.5 Å². The molecule has 2 aromatic carbocycles. The van der Waals surface area contributed by atoms with E-state index >= 15 is 0 Å². The molecule has 0 bridgehead atoms. The van der Waals surface area contributed by atoms with Crippen molar-refractivity contribution in [3.8, 4) is 11.5 Å². The van der Waals surface area contributed by atoms with Crippen LogP contribution in [-0.2, 0) is 0 Å². The van der Waals surface area contributed by atoms with Crippen LogP contribution in [0, 0.1) is 0 Å². The summed E-state index contributed by atoms with van der Waals surface area (Å²) in [7, 11) is 0. The summed E-state index contributed by atoms with van der Waals surface area (Å²) in [5.74, 6) is 1.58. The van der Waals surface area contributed by atoms with Gasteiger partial charge in [-0.3, -0.25) is 0 Å². The first-order valence-corrected chi connectivity index (χ1v) is 9.42. The van der Waals surface area contributed by atoms with E-state index in [4.69, 9.17) is 32.7 Å². The van der Waals surface area contributed by atoms with Crippen molar-refractivity contribution in [2.75, 3.05) is 18.5 Å². The van der Waals surface area contributed by atoms with Crippen LogP contribution < -0.4 is 14.8 Å². The summed E-state index contributed by atoms with van der Waals surface area (Å²) in [5, 5.41) is 4.57. The molecule has 2 rings (SSSR count). The van der Waals surface area contributed by atoms with Gasteiger partial charge in [-0.25, -0.2) is 0 Å². The van der Waals surface area contributed by atoms with Gasteiger partial charge in [0.25, 0.3) is 0 Å². The number of ether oxygens (including phenoxy) is 2. The van der Waals surface area contributed by atoms with Gasteiger partial charge in [0, 0.05) is 23.3 Å². The van der Waals surface area contributed by atoms with Crippen molar-refractivity contribution in [2.24, 2.45) is 0 Å². The molecule has 0 spiro atoms. The number of unbranched alkanes of at least 4 members (excludes halogenated alkanes) is 1. The molecular weight excluding hydrogens is 357 g/mol. The molecule has 5 heteroatoms. The SMILES string of the molecule is CCC(C)Oc1cccc(NCCCCOc2ccc(Cl)cc2Cl)c1. The van der Waals surface area contributed by atoms with Crippen LogP contribution in [0.3, 0.4) is 0 Å². The number of hydrogen-bond acceptors (Lipinski definition) is 3. The number of anilines is 1. The number of halogens is 2. The van der Waals surface area contributed by atoms with E-state index in [0.717, 1.165) is 37.2 Å². The van der Waals surface area contributed by atoms with E-state index in [-0.39, 0.29) is 6.10 Å².